The largest absolute Gasteiger partial charge is 0.458 e. The number of ether oxygens (including phenoxy) is 3. The molecule has 0 spiro atoms. The van der Waals surface area contributed by atoms with E-state index in [1.807, 2.05) is 48.5 Å². The Kier molecular flexibility index (Phi) is 9.75. The zero-order valence-corrected chi connectivity index (χ0v) is 23.2. The van der Waals surface area contributed by atoms with Crippen molar-refractivity contribution in [3.05, 3.63) is 59.7 Å². The predicted octanol–water partition coefficient (Wildman–Crippen LogP) is 4.09. The van der Waals surface area contributed by atoms with Crippen molar-refractivity contribution in [1.82, 2.24) is 10.2 Å². The van der Waals surface area contributed by atoms with E-state index in [1.54, 1.807) is 20.8 Å². The summed E-state index contributed by atoms with van der Waals surface area (Å²) in [6, 6.07) is 14.3. The molecule has 8 heteroatoms. The van der Waals surface area contributed by atoms with Crippen LogP contribution in [0.2, 0.25) is 0 Å². The van der Waals surface area contributed by atoms with E-state index in [-0.39, 0.29) is 24.5 Å². The van der Waals surface area contributed by atoms with E-state index in [0.717, 1.165) is 24.2 Å². The molecule has 2 heterocycles. The summed E-state index contributed by atoms with van der Waals surface area (Å²) >= 11 is 0. The molecule has 2 aliphatic heterocycles. The Hall–Kier alpha value is -3.23. The predicted molar refractivity (Wildman–Crippen MR) is 148 cm³/mol. The number of benzene rings is 2. The van der Waals surface area contributed by atoms with Crippen LogP contribution in [-0.4, -0.2) is 67.1 Å². The Balaban J connectivity index is 1.61. The highest BCUT2D eigenvalue weighted by molar-refractivity contribution is 5.90. The number of nitrogens with zero attached hydrogens (tertiary/aromatic N) is 1. The van der Waals surface area contributed by atoms with Gasteiger partial charge in [0.25, 0.3) is 0 Å². The van der Waals surface area contributed by atoms with Crippen molar-refractivity contribution in [3.8, 4) is 11.5 Å². The summed E-state index contributed by atoms with van der Waals surface area (Å²) in [5, 5.41) is 2.94. The normalized spacial score (nSPS) is 21.5. The fourth-order valence-corrected chi connectivity index (χ4v) is 4.88. The lowest BCUT2D eigenvalue weighted by atomic mass is 9.93. The number of morpholine rings is 1. The molecule has 4 bridgehead atoms. The Labute approximate surface area is 231 Å². The smallest absolute Gasteiger partial charge is 0.329 e. The number of carbonyl (C=O) groups excluding carboxylic acids is 3. The molecule has 1 fully saturated rings. The van der Waals surface area contributed by atoms with E-state index in [1.165, 1.54) is 0 Å². The zero-order valence-electron chi connectivity index (χ0n) is 23.2. The van der Waals surface area contributed by atoms with E-state index in [2.05, 4.69) is 10.2 Å². The van der Waals surface area contributed by atoms with Crippen LogP contribution >= 0.6 is 0 Å². The molecule has 0 aliphatic carbocycles. The summed E-state index contributed by atoms with van der Waals surface area (Å²) in [6.45, 7) is 9.02. The summed E-state index contributed by atoms with van der Waals surface area (Å²) in [5.41, 5.74) is 1.12. The van der Waals surface area contributed by atoms with E-state index < -0.39 is 23.5 Å². The van der Waals surface area contributed by atoms with Crippen molar-refractivity contribution >= 4 is 17.7 Å². The molecule has 0 aromatic heterocycles. The van der Waals surface area contributed by atoms with Crippen LogP contribution in [0.3, 0.4) is 0 Å². The Morgan fingerprint density at radius 1 is 0.974 bits per heavy atom. The molecule has 39 heavy (non-hydrogen) atoms. The number of rotatable bonds is 4. The molecule has 8 nitrogen and oxygen atoms in total. The first-order valence-electron chi connectivity index (χ1n) is 13.9. The van der Waals surface area contributed by atoms with Gasteiger partial charge in [0.1, 0.15) is 28.9 Å². The molecule has 2 atom stereocenters. The van der Waals surface area contributed by atoms with E-state index in [9.17, 15) is 14.4 Å². The third kappa shape index (κ3) is 9.18. The molecule has 1 amide bonds. The number of fused-ring (bicyclic) bond motifs is 4. The highest BCUT2D eigenvalue weighted by Crippen LogP contribution is 2.25. The maximum absolute atomic E-state index is 13.6. The van der Waals surface area contributed by atoms with Crippen LogP contribution in [0, 0.1) is 5.92 Å². The van der Waals surface area contributed by atoms with Gasteiger partial charge in [0.05, 0.1) is 13.2 Å². The topological polar surface area (TPSA) is 94.2 Å². The maximum atomic E-state index is 13.6. The lowest BCUT2D eigenvalue weighted by Crippen LogP contribution is -2.48. The average Bonchev–Trinajstić information content (AvgIpc) is 2.89. The Morgan fingerprint density at radius 3 is 2.33 bits per heavy atom. The highest BCUT2D eigenvalue weighted by Gasteiger charge is 2.31. The second kappa shape index (κ2) is 13.2. The minimum absolute atomic E-state index is 0.0228. The first kappa shape index (κ1) is 28.8. The van der Waals surface area contributed by atoms with Gasteiger partial charge in [-0.25, -0.2) is 4.79 Å². The molecule has 1 N–H and O–H groups in total. The van der Waals surface area contributed by atoms with E-state index in [4.69, 9.17) is 14.2 Å². The summed E-state index contributed by atoms with van der Waals surface area (Å²) in [6.07, 6.45) is 1.78. The van der Waals surface area contributed by atoms with Gasteiger partial charge in [-0.3, -0.25) is 14.5 Å². The molecule has 210 valence electrons. The molecular weight excluding hydrogens is 496 g/mol. The van der Waals surface area contributed by atoms with Crippen molar-refractivity contribution in [2.45, 2.75) is 64.5 Å². The van der Waals surface area contributed by atoms with Crippen LogP contribution in [0.1, 0.15) is 51.2 Å². The van der Waals surface area contributed by atoms with Gasteiger partial charge in [-0.05, 0) is 75.5 Å². The van der Waals surface area contributed by atoms with Crippen molar-refractivity contribution in [2.24, 2.45) is 5.92 Å². The molecule has 2 aromatic rings. The van der Waals surface area contributed by atoms with Crippen LogP contribution < -0.4 is 10.1 Å². The number of carbonyl (C=O) groups is 3. The van der Waals surface area contributed by atoms with Crippen LogP contribution in [0.15, 0.2) is 48.5 Å². The molecule has 0 saturated carbocycles. The van der Waals surface area contributed by atoms with Crippen LogP contribution in [0.5, 0.6) is 11.5 Å². The number of nitrogens with one attached hydrogen (secondary N) is 1. The van der Waals surface area contributed by atoms with Crippen LogP contribution in [0.4, 0.5) is 0 Å². The number of Topliss-reactive ketones (excluding diaryl/α,β-unsaturated/α-hetero) is 1. The van der Waals surface area contributed by atoms with Gasteiger partial charge in [0.2, 0.25) is 5.91 Å². The molecule has 2 aliphatic rings. The molecule has 1 saturated heterocycles. The number of aryl methyl sites for hydroxylation is 1. The average molecular weight is 537 g/mol. The van der Waals surface area contributed by atoms with Gasteiger partial charge in [0.15, 0.2) is 0 Å². The standard InChI is InChI=1S/C31H40N2O6/c1-31(2,3)39-30(36)28-20-23-7-5-9-27(19-23)38-26-8-4-6-22(18-26)10-11-25(34)21-24(29(35)32-28)12-13-33-14-16-37-17-15-33/h4-9,18-19,24,28H,10-17,20-21H2,1-3H3,(H,32,35)/t24-,28+/m1/s1. The first-order valence-corrected chi connectivity index (χ1v) is 13.9. The van der Waals surface area contributed by atoms with Gasteiger partial charge < -0.3 is 19.5 Å². The fraction of sp³-hybridized carbons (Fsp3) is 0.516. The number of esters is 1. The van der Waals surface area contributed by atoms with E-state index in [0.29, 0.717) is 50.5 Å². The third-order valence-corrected chi connectivity index (χ3v) is 6.92. The quantitative estimate of drug-likeness (QED) is 0.588. The third-order valence-electron chi connectivity index (χ3n) is 6.92. The lowest BCUT2D eigenvalue weighted by molar-refractivity contribution is -0.158. The molecule has 0 radical (unpaired) electrons. The lowest BCUT2D eigenvalue weighted by Gasteiger charge is -2.29. The molecular formula is C31H40N2O6. The van der Waals surface area contributed by atoms with Crippen molar-refractivity contribution in [3.63, 3.8) is 0 Å². The Bertz CT molecular complexity index is 1150. The minimum Gasteiger partial charge on any atom is -0.458 e. The Morgan fingerprint density at radius 2 is 1.64 bits per heavy atom. The SMILES string of the molecule is CC(C)(C)OC(=O)[C@@H]1Cc2cccc(c2)Oc2cccc(c2)CCC(=O)C[C@@H](CCN2CCOCC2)C(=O)N1. The highest BCUT2D eigenvalue weighted by atomic mass is 16.6. The van der Waals surface area contributed by atoms with Gasteiger partial charge in [-0.2, -0.15) is 0 Å². The molecule has 4 rings (SSSR count). The molecule has 2 aromatic carbocycles. The van der Waals surface area contributed by atoms with Crippen molar-refractivity contribution in [2.75, 3.05) is 32.8 Å². The van der Waals surface area contributed by atoms with Gasteiger partial charge in [-0.1, -0.05) is 24.3 Å². The van der Waals surface area contributed by atoms with Crippen molar-refractivity contribution < 1.29 is 28.6 Å². The zero-order chi connectivity index (χ0) is 27.8. The monoisotopic (exact) mass is 536 g/mol. The minimum atomic E-state index is -0.899. The summed E-state index contributed by atoms with van der Waals surface area (Å²) in [7, 11) is 0. The van der Waals surface area contributed by atoms with Gasteiger partial charge in [0, 0.05) is 38.3 Å². The number of amides is 1. The van der Waals surface area contributed by atoms with E-state index >= 15 is 0 Å². The van der Waals surface area contributed by atoms with Gasteiger partial charge in [-0.15, -0.1) is 0 Å². The number of ketones is 1. The van der Waals surface area contributed by atoms with Gasteiger partial charge >= 0.3 is 5.97 Å². The second-order valence-corrected chi connectivity index (χ2v) is 11.4. The molecule has 0 unspecified atom stereocenters. The van der Waals surface area contributed by atoms with Crippen LogP contribution in [-0.2, 0) is 36.7 Å². The maximum Gasteiger partial charge on any atom is 0.329 e. The fourth-order valence-electron chi connectivity index (χ4n) is 4.88. The summed E-state index contributed by atoms with van der Waals surface area (Å²) in [5.74, 6) is -0.00738. The summed E-state index contributed by atoms with van der Waals surface area (Å²) in [4.78, 5) is 42.2. The number of hydrogen-bond acceptors (Lipinski definition) is 7. The number of hydrogen-bond donors (Lipinski definition) is 1. The summed E-state index contributed by atoms with van der Waals surface area (Å²) < 4.78 is 17.2. The first-order chi connectivity index (χ1) is 18.6. The second-order valence-electron chi connectivity index (χ2n) is 11.4. The van der Waals surface area contributed by atoms with Crippen molar-refractivity contribution in [1.29, 1.82) is 0 Å². The van der Waals surface area contributed by atoms with Crippen LogP contribution in [0.25, 0.3) is 0 Å².